The van der Waals surface area contributed by atoms with Gasteiger partial charge in [-0.25, -0.2) is 0 Å². The first-order valence-corrected chi connectivity index (χ1v) is 10.8. The lowest BCUT2D eigenvalue weighted by atomic mass is 9.97. The van der Waals surface area contributed by atoms with Crippen molar-refractivity contribution in [1.82, 2.24) is 0 Å². The molecule has 0 saturated carbocycles. The van der Waals surface area contributed by atoms with Gasteiger partial charge in [-0.3, -0.25) is 0 Å². The van der Waals surface area contributed by atoms with Gasteiger partial charge in [0.2, 0.25) is 0 Å². The molecule has 6 nitrogen and oxygen atoms in total. The molecule has 2 saturated heterocycles. The molecule has 0 unspecified atom stereocenters. The van der Waals surface area contributed by atoms with Crippen LogP contribution in [-0.4, -0.2) is 42.4 Å². The van der Waals surface area contributed by atoms with E-state index < -0.39 is 37.0 Å². The van der Waals surface area contributed by atoms with Gasteiger partial charge in [0, 0.05) is 5.56 Å². The van der Waals surface area contributed by atoms with Crippen LogP contribution in [0.5, 0.6) is 5.75 Å². The Hall–Kier alpha value is -2.74. The van der Waals surface area contributed by atoms with Gasteiger partial charge in [-0.2, -0.15) is 0 Å². The first-order valence-electron chi connectivity index (χ1n) is 10.8. The molecule has 2 heterocycles. The van der Waals surface area contributed by atoms with E-state index in [9.17, 15) is 5.11 Å². The van der Waals surface area contributed by atoms with Crippen LogP contribution in [0.15, 0.2) is 91.0 Å². The van der Waals surface area contributed by atoms with Gasteiger partial charge in [-0.05, 0) is 17.7 Å². The lowest BCUT2D eigenvalue weighted by molar-refractivity contribution is -0.359. The third-order valence-corrected chi connectivity index (χ3v) is 5.65. The SMILES string of the molecule is O[C@@H]1[C@@H](OCc2ccccc2)O[C@@H]2CO[C@@H](c3ccccc3)O[C@H]2[C@@H]1Oc1ccccc1. The van der Waals surface area contributed by atoms with E-state index in [1.54, 1.807) is 0 Å². The maximum Gasteiger partial charge on any atom is 0.188 e. The van der Waals surface area contributed by atoms with Crippen molar-refractivity contribution in [2.75, 3.05) is 6.61 Å². The summed E-state index contributed by atoms with van der Waals surface area (Å²) in [4.78, 5) is 0. The molecule has 0 aromatic heterocycles. The minimum Gasteiger partial charge on any atom is -0.485 e. The molecule has 1 N–H and O–H groups in total. The third kappa shape index (κ3) is 4.70. The fourth-order valence-corrected chi connectivity index (χ4v) is 4.02. The van der Waals surface area contributed by atoms with Crippen molar-refractivity contribution in [2.24, 2.45) is 0 Å². The van der Waals surface area contributed by atoms with Gasteiger partial charge in [0.15, 0.2) is 18.7 Å². The number of para-hydroxylation sites is 1. The molecule has 3 aromatic carbocycles. The van der Waals surface area contributed by atoms with Crippen molar-refractivity contribution in [3.05, 3.63) is 102 Å². The van der Waals surface area contributed by atoms with Crippen LogP contribution in [0.2, 0.25) is 0 Å². The molecule has 0 bridgehead atoms. The Balaban J connectivity index is 1.35. The zero-order chi connectivity index (χ0) is 21.8. The van der Waals surface area contributed by atoms with Gasteiger partial charge in [0.25, 0.3) is 0 Å². The Morgan fingerprint density at radius 2 is 1.47 bits per heavy atom. The first kappa shape index (κ1) is 21.1. The van der Waals surface area contributed by atoms with Gasteiger partial charge >= 0.3 is 0 Å². The van der Waals surface area contributed by atoms with Crippen LogP contribution >= 0.6 is 0 Å². The Kier molecular flexibility index (Phi) is 6.48. The molecule has 0 radical (unpaired) electrons. The summed E-state index contributed by atoms with van der Waals surface area (Å²) in [5.74, 6) is 0.644. The maximum absolute atomic E-state index is 11.2. The lowest BCUT2D eigenvalue weighted by Crippen LogP contribution is -2.64. The van der Waals surface area contributed by atoms with Crippen molar-refractivity contribution in [2.45, 2.75) is 43.6 Å². The zero-order valence-corrected chi connectivity index (χ0v) is 17.5. The van der Waals surface area contributed by atoms with E-state index in [2.05, 4.69) is 0 Å². The predicted molar refractivity (Wildman–Crippen MR) is 117 cm³/mol. The van der Waals surface area contributed by atoms with E-state index in [-0.39, 0.29) is 0 Å². The van der Waals surface area contributed by atoms with Crippen molar-refractivity contribution in [1.29, 1.82) is 0 Å². The number of hydrogen-bond donors (Lipinski definition) is 1. The summed E-state index contributed by atoms with van der Waals surface area (Å²) >= 11 is 0. The van der Waals surface area contributed by atoms with E-state index in [1.165, 1.54) is 0 Å². The molecule has 2 aliphatic rings. The molecule has 6 atom stereocenters. The number of aliphatic hydroxyl groups excluding tert-OH is 1. The van der Waals surface area contributed by atoms with Gasteiger partial charge < -0.3 is 28.8 Å². The Bertz CT molecular complexity index is 967. The summed E-state index contributed by atoms with van der Waals surface area (Å²) in [5.41, 5.74) is 1.90. The van der Waals surface area contributed by atoms with Crippen molar-refractivity contribution in [3.63, 3.8) is 0 Å². The first-order chi connectivity index (χ1) is 15.8. The van der Waals surface area contributed by atoms with E-state index in [0.717, 1.165) is 11.1 Å². The predicted octanol–water partition coefficient (Wildman–Crippen LogP) is 3.85. The van der Waals surface area contributed by atoms with Crippen LogP contribution in [0.25, 0.3) is 0 Å². The maximum atomic E-state index is 11.2. The van der Waals surface area contributed by atoms with Crippen molar-refractivity contribution < 1.29 is 28.8 Å². The largest absolute Gasteiger partial charge is 0.485 e. The van der Waals surface area contributed by atoms with E-state index >= 15 is 0 Å². The molecular formula is C26H26O6. The van der Waals surface area contributed by atoms with Crippen molar-refractivity contribution >= 4 is 0 Å². The Morgan fingerprint density at radius 3 is 2.19 bits per heavy atom. The second-order valence-electron chi connectivity index (χ2n) is 7.90. The number of hydrogen-bond acceptors (Lipinski definition) is 6. The summed E-state index contributed by atoms with van der Waals surface area (Å²) in [6.07, 6.45) is -4.13. The topological polar surface area (TPSA) is 66.4 Å². The van der Waals surface area contributed by atoms with Crippen LogP contribution in [0.4, 0.5) is 0 Å². The van der Waals surface area contributed by atoms with Crippen LogP contribution < -0.4 is 4.74 Å². The second kappa shape index (κ2) is 9.81. The number of fused-ring (bicyclic) bond motifs is 1. The van der Waals surface area contributed by atoms with Crippen molar-refractivity contribution in [3.8, 4) is 5.75 Å². The molecule has 166 valence electrons. The highest BCUT2D eigenvalue weighted by molar-refractivity contribution is 5.22. The fraction of sp³-hybridized carbons (Fsp3) is 0.308. The summed E-state index contributed by atoms with van der Waals surface area (Å²) in [7, 11) is 0. The fourth-order valence-electron chi connectivity index (χ4n) is 4.02. The van der Waals surface area contributed by atoms with Gasteiger partial charge in [0.05, 0.1) is 13.2 Å². The van der Waals surface area contributed by atoms with E-state index in [1.807, 2.05) is 91.0 Å². The van der Waals surface area contributed by atoms with Gasteiger partial charge in [-0.15, -0.1) is 0 Å². The third-order valence-electron chi connectivity index (χ3n) is 5.65. The Morgan fingerprint density at radius 1 is 0.812 bits per heavy atom. The quantitative estimate of drug-likeness (QED) is 0.636. The van der Waals surface area contributed by atoms with Crippen LogP contribution in [0, 0.1) is 0 Å². The molecule has 3 aromatic rings. The molecule has 2 aliphatic heterocycles. The molecule has 32 heavy (non-hydrogen) atoms. The highest BCUT2D eigenvalue weighted by atomic mass is 16.8. The highest BCUT2D eigenvalue weighted by Gasteiger charge is 2.51. The van der Waals surface area contributed by atoms with Crippen LogP contribution in [0.3, 0.4) is 0 Å². The summed E-state index contributed by atoms with van der Waals surface area (Å²) < 4.78 is 30.4. The van der Waals surface area contributed by atoms with Gasteiger partial charge in [-0.1, -0.05) is 78.9 Å². The monoisotopic (exact) mass is 434 g/mol. The minimum atomic E-state index is -1.05. The lowest BCUT2D eigenvalue weighted by Gasteiger charge is -2.47. The number of aliphatic hydroxyl groups is 1. The van der Waals surface area contributed by atoms with Gasteiger partial charge in [0.1, 0.15) is 24.1 Å². The summed E-state index contributed by atoms with van der Waals surface area (Å²) in [5, 5.41) is 11.2. The average Bonchev–Trinajstić information content (AvgIpc) is 2.86. The van der Waals surface area contributed by atoms with Crippen LogP contribution in [0.1, 0.15) is 17.4 Å². The van der Waals surface area contributed by atoms with E-state index in [4.69, 9.17) is 23.7 Å². The standard InChI is InChI=1S/C26H26O6/c27-22-24(30-20-14-8-3-9-15-20)23-21(17-29-25(32-23)19-12-6-2-7-13-19)31-26(22)28-16-18-10-4-1-5-11-18/h1-15,21-27H,16-17H2/t21-,22+,23-,24-,25-,26+/m1/s1. The molecule has 0 aliphatic carbocycles. The molecule has 0 spiro atoms. The average molecular weight is 434 g/mol. The molecule has 2 fully saturated rings. The van der Waals surface area contributed by atoms with Crippen LogP contribution in [-0.2, 0) is 25.6 Å². The normalized spacial score (nSPS) is 29.8. The number of ether oxygens (including phenoxy) is 5. The van der Waals surface area contributed by atoms with E-state index in [0.29, 0.717) is 19.0 Å². The highest BCUT2D eigenvalue weighted by Crippen LogP contribution is 2.36. The molecule has 0 amide bonds. The number of rotatable bonds is 6. The number of benzene rings is 3. The second-order valence-corrected chi connectivity index (χ2v) is 7.90. The molecule has 6 heteroatoms. The smallest absolute Gasteiger partial charge is 0.188 e. The summed E-state index contributed by atoms with van der Waals surface area (Å²) in [6.45, 7) is 0.614. The Labute approximate surface area is 187 Å². The zero-order valence-electron chi connectivity index (χ0n) is 17.5. The molecule has 5 rings (SSSR count). The summed E-state index contributed by atoms with van der Waals surface area (Å²) in [6, 6.07) is 28.9. The minimum absolute atomic E-state index is 0.302. The molecular weight excluding hydrogens is 408 g/mol.